The lowest BCUT2D eigenvalue weighted by molar-refractivity contribution is 0.513. The lowest BCUT2D eigenvalue weighted by Crippen LogP contribution is -2.19. The van der Waals surface area contributed by atoms with E-state index in [1.165, 1.54) is 12.1 Å². The highest BCUT2D eigenvalue weighted by Crippen LogP contribution is 2.28. The van der Waals surface area contributed by atoms with Crippen LogP contribution in [0.4, 0.5) is 8.78 Å². The molecule has 1 aromatic heterocycles. The fourth-order valence-electron chi connectivity index (χ4n) is 2.37. The van der Waals surface area contributed by atoms with Crippen molar-refractivity contribution in [1.82, 2.24) is 9.78 Å². The number of hydrogen-bond acceptors (Lipinski definition) is 2. The highest BCUT2D eigenvalue weighted by Gasteiger charge is 2.22. The van der Waals surface area contributed by atoms with Crippen molar-refractivity contribution in [1.29, 1.82) is 0 Å². The maximum Gasteiger partial charge on any atom is 0.133 e. The van der Waals surface area contributed by atoms with Crippen molar-refractivity contribution in [3.05, 3.63) is 51.3 Å². The number of hydrogen-bond donors (Lipinski definition) is 1. The molecule has 2 rings (SSSR count). The summed E-state index contributed by atoms with van der Waals surface area (Å²) in [5.41, 5.74) is 7.71. The molecule has 0 aliphatic carbocycles. The van der Waals surface area contributed by atoms with Gasteiger partial charge in [-0.25, -0.2) is 8.78 Å². The van der Waals surface area contributed by atoms with Gasteiger partial charge >= 0.3 is 0 Å². The zero-order valence-corrected chi connectivity index (χ0v) is 13.0. The summed E-state index contributed by atoms with van der Waals surface area (Å²) < 4.78 is 29.6. The van der Waals surface area contributed by atoms with E-state index in [2.05, 4.69) is 5.10 Å². The molecule has 0 fully saturated rings. The van der Waals surface area contributed by atoms with Gasteiger partial charge in [-0.2, -0.15) is 5.10 Å². The van der Waals surface area contributed by atoms with E-state index in [0.29, 0.717) is 22.7 Å². The summed E-state index contributed by atoms with van der Waals surface area (Å²) in [5, 5.41) is 4.80. The molecule has 1 atom stereocenters. The number of aromatic nitrogens is 2. The summed E-state index contributed by atoms with van der Waals surface area (Å²) in [4.78, 5) is 0. The smallest absolute Gasteiger partial charge is 0.133 e. The number of aryl methyl sites for hydroxylation is 3. The summed E-state index contributed by atoms with van der Waals surface area (Å²) in [6, 6.07) is 1.81. The highest BCUT2D eigenvalue weighted by molar-refractivity contribution is 6.31. The molecule has 0 aliphatic rings. The van der Waals surface area contributed by atoms with Gasteiger partial charge in [-0.1, -0.05) is 24.6 Å². The van der Waals surface area contributed by atoms with Crippen LogP contribution in [0.25, 0.3) is 0 Å². The second kappa shape index (κ2) is 6.12. The van der Waals surface area contributed by atoms with Crippen LogP contribution >= 0.6 is 11.6 Å². The van der Waals surface area contributed by atoms with Crippen molar-refractivity contribution < 1.29 is 8.78 Å². The van der Waals surface area contributed by atoms with Crippen LogP contribution in [0.1, 0.15) is 35.5 Å². The molecule has 6 heteroatoms. The normalized spacial score (nSPS) is 12.7. The first-order chi connectivity index (χ1) is 9.86. The lowest BCUT2D eigenvalue weighted by atomic mass is 9.99. The van der Waals surface area contributed by atoms with Gasteiger partial charge in [0.05, 0.1) is 16.4 Å². The van der Waals surface area contributed by atoms with Gasteiger partial charge in [-0.15, -0.1) is 0 Å². The number of nitrogens with two attached hydrogens (primary N) is 1. The Kier molecular flexibility index (Phi) is 4.64. The Balaban J connectivity index is 2.37. The van der Waals surface area contributed by atoms with Crippen LogP contribution in [0.2, 0.25) is 5.02 Å². The first-order valence-electron chi connectivity index (χ1n) is 6.77. The number of halogens is 3. The molecule has 1 aromatic carbocycles. The average Bonchev–Trinajstić information content (AvgIpc) is 2.71. The molecule has 3 nitrogen and oxygen atoms in total. The Labute approximate surface area is 127 Å². The van der Waals surface area contributed by atoms with Crippen LogP contribution < -0.4 is 5.73 Å². The molecule has 0 aliphatic heterocycles. The molecule has 2 N–H and O–H groups in total. The minimum Gasteiger partial charge on any atom is -0.323 e. The lowest BCUT2D eigenvalue weighted by Gasteiger charge is -2.15. The van der Waals surface area contributed by atoms with Gasteiger partial charge in [-0.05, 0) is 25.0 Å². The van der Waals surface area contributed by atoms with E-state index in [1.54, 1.807) is 18.7 Å². The van der Waals surface area contributed by atoms with E-state index in [9.17, 15) is 8.78 Å². The molecular formula is C15H18ClF2N3. The van der Waals surface area contributed by atoms with Crippen molar-refractivity contribution in [2.45, 2.75) is 32.7 Å². The Hall–Kier alpha value is -1.46. The fourth-order valence-corrected chi connectivity index (χ4v) is 2.74. The topological polar surface area (TPSA) is 43.8 Å². The monoisotopic (exact) mass is 313 g/mol. The molecule has 114 valence electrons. The molecular weight excluding hydrogens is 296 g/mol. The quantitative estimate of drug-likeness (QED) is 0.939. The second-order valence-corrected chi connectivity index (χ2v) is 5.47. The third-order valence-electron chi connectivity index (χ3n) is 3.61. The van der Waals surface area contributed by atoms with Crippen molar-refractivity contribution in [2.75, 3.05) is 0 Å². The fraction of sp³-hybridized carbons (Fsp3) is 0.400. The number of nitrogens with zero attached hydrogens (tertiary/aromatic N) is 2. The Morgan fingerprint density at radius 3 is 2.62 bits per heavy atom. The first kappa shape index (κ1) is 15.9. The standard InChI is InChI=1S/C15H18ClF2N3/c1-4-11-14(16)12(21(3)20-11)7-10(19)13-9(17)6-5-8(2)15(13)18/h5-6,10H,4,7,19H2,1-3H3. The Morgan fingerprint density at radius 2 is 2.05 bits per heavy atom. The van der Waals surface area contributed by atoms with Crippen LogP contribution in [0.3, 0.4) is 0 Å². The average molecular weight is 314 g/mol. The molecule has 0 amide bonds. The van der Waals surface area contributed by atoms with E-state index >= 15 is 0 Å². The van der Waals surface area contributed by atoms with Crippen molar-refractivity contribution in [3.63, 3.8) is 0 Å². The van der Waals surface area contributed by atoms with Crippen molar-refractivity contribution in [2.24, 2.45) is 12.8 Å². The Bertz CT molecular complexity index is 667. The zero-order chi connectivity index (χ0) is 15.7. The minimum atomic E-state index is -0.817. The van der Waals surface area contributed by atoms with Crippen LogP contribution in [0, 0.1) is 18.6 Å². The Morgan fingerprint density at radius 1 is 1.38 bits per heavy atom. The zero-order valence-electron chi connectivity index (χ0n) is 12.3. The molecule has 0 radical (unpaired) electrons. The van der Waals surface area contributed by atoms with Crippen LogP contribution in [-0.4, -0.2) is 9.78 Å². The SMILES string of the molecule is CCc1nn(C)c(CC(N)c2c(F)ccc(C)c2F)c1Cl. The number of rotatable bonds is 4. The summed E-state index contributed by atoms with van der Waals surface area (Å²) in [6.07, 6.45) is 0.911. The molecule has 1 heterocycles. The predicted molar refractivity (Wildman–Crippen MR) is 79.3 cm³/mol. The third kappa shape index (κ3) is 2.94. The first-order valence-corrected chi connectivity index (χ1v) is 7.14. The molecule has 21 heavy (non-hydrogen) atoms. The molecule has 1 unspecified atom stereocenters. The third-order valence-corrected chi connectivity index (χ3v) is 4.04. The van der Waals surface area contributed by atoms with Gasteiger partial charge in [0.2, 0.25) is 0 Å². The molecule has 0 bridgehead atoms. The molecule has 2 aromatic rings. The summed E-state index contributed by atoms with van der Waals surface area (Å²) in [5.74, 6) is -1.24. The highest BCUT2D eigenvalue weighted by atomic mass is 35.5. The summed E-state index contributed by atoms with van der Waals surface area (Å²) in [7, 11) is 1.75. The minimum absolute atomic E-state index is 0.106. The van der Waals surface area contributed by atoms with Gasteiger partial charge in [0, 0.05) is 25.1 Å². The van der Waals surface area contributed by atoms with E-state index in [-0.39, 0.29) is 12.0 Å². The maximum absolute atomic E-state index is 14.1. The molecule has 0 saturated heterocycles. The van der Waals surface area contributed by atoms with Crippen LogP contribution in [0.5, 0.6) is 0 Å². The summed E-state index contributed by atoms with van der Waals surface area (Å²) in [6.45, 7) is 3.52. The van der Waals surface area contributed by atoms with E-state index in [1.807, 2.05) is 6.92 Å². The van der Waals surface area contributed by atoms with E-state index in [4.69, 9.17) is 17.3 Å². The van der Waals surface area contributed by atoms with Crippen molar-refractivity contribution in [3.8, 4) is 0 Å². The number of benzene rings is 1. The van der Waals surface area contributed by atoms with Crippen LogP contribution in [-0.2, 0) is 19.9 Å². The molecule has 0 saturated carbocycles. The predicted octanol–water partition coefficient (Wildman–Crippen LogP) is 3.47. The van der Waals surface area contributed by atoms with Crippen LogP contribution in [0.15, 0.2) is 12.1 Å². The van der Waals surface area contributed by atoms with Gasteiger partial charge in [0.25, 0.3) is 0 Å². The van der Waals surface area contributed by atoms with E-state index in [0.717, 1.165) is 5.69 Å². The van der Waals surface area contributed by atoms with Gasteiger partial charge in [-0.3, -0.25) is 4.68 Å². The molecule has 0 spiro atoms. The van der Waals surface area contributed by atoms with Gasteiger partial charge in [0.15, 0.2) is 0 Å². The van der Waals surface area contributed by atoms with Gasteiger partial charge in [0.1, 0.15) is 11.6 Å². The van der Waals surface area contributed by atoms with E-state index < -0.39 is 17.7 Å². The second-order valence-electron chi connectivity index (χ2n) is 5.09. The van der Waals surface area contributed by atoms with Gasteiger partial charge < -0.3 is 5.73 Å². The largest absolute Gasteiger partial charge is 0.323 e. The summed E-state index contributed by atoms with van der Waals surface area (Å²) >= 11 is 6.25. The van der Waals surface area contributed by atoms with Crippen molar-refractivity contribution >= 4 is 11.6 Å². The maximum atomic E-state index is 14.1.